The van der Waals surface area contributed by atoms with E-state index < -0.39 is 22.0 Å². The summed E-state index contributed by atoms with van der Waals surface area (Å²) in [7, 11) is -3.92. The summed E-state index contributed by atoms with van der Waals surface area (Å²) in [5.41, 5.74) is 1.16. The molecule has 0 saturated carbocycles. The number of hydrogen-bond donors (Lipinski definition) is 2. The van der Waals surface area contributed by atoms with Crippen LogP contribution in [0.15, 0.2) is 27.7 Å². The molecule has 0 spiro atoms. The lowest BCUT2D eigenvalue weighted by molar-refractivity contribution is -0.122. The number of nitrogens with one attached hydrogen (secondary N) is 2. The van der Waals surface area contributed by atoms with E-state index in [4.69, 9.17) is 4.52 Å². The Morgan fingerprint density at radius 1 is 1.28 bits per heavy atom. The monoisotopic (exact) mass is 421 g/mol. The Balaban J connectivity index is 1.64. The van der Waals surface area contributed by atoms with Crippen molar-refractivity contribution in [3.63, 3.8) is 0 Å². The van der Waals surface area contributed by atoms with Gasteiger partial charge < -0.3 is 14.7 Å². The smallest absolute Gasteiger partial charge is 0.246 e. The van der Waals surface area contributed by atoms with Gasteiger partial charge in [-0.2, -0.15) is 4.72 Å². The van der Waals surface area contributed by atoms with E-state index in [0.717, 1.165) is 37.3 Å². The second-order valence-electron chi connectivity index (χ2n) is 7.25. The van der Waals surface area contributed by atoms with Crippen LogP contribution in [0.5, 0.6) is 0 Å². The number of pyridine rings is 1. The van der Waals surface area contributed by atoms with Crippen LogP contribution < -0.4 is 14.9 Å². The van der Waals surface area contributed by atoms with Gasteiger partial charge >= 0.3 is 0 Å². The summed E-state index contributed by atoms with van der Waals surface area (Å²) >= 11 is 0. The van der Waals surface area contributed by atoms with Crippen LogP contribution in [0.2, 0.25) is 0 Å². The van der Waals surface area contributed by atoms with Crippen molar-refractivity contribution in [3.8, 4) is 0 Å². The fourth-order valence-corrected chi connectivity index (χ4v) is 5.03. The fraction of sp³-hybridized carbons (Fsp3) is 0.526. The number of rotatable bonds is 7. The molecule has 0 aliphatic carbocycles. The summed E-state index contributed by atoms with van der Waals surface area (Å²) in [5, 5.41) is 6.46. The topological polar surface area (TPSA) is 117 Å². The number of aromatic nitrogens is 2. The number of nitrogens with zero attached hydrogens (tertiary/aromatic N) is 3. The number of piperidine rings is 1. The van der Waals surface area contributed by atoms with E-state index in [1.807, 2.05) is 12.1 Å². The summed E-state index contributed by atoms with van der Waals surface area (Å²) in [6.45, 7) is 6.73. The molecule has 1 aliphatic rings. The zero-order valence-electron chi connectivity index (χ0n) is 16.9. The van der Waals surface area contributed by atoms with Crippen LogP contribution in [0.3, 0.4) is 0 Å². The molecule has 10 heteroatoms. The first-order valence-corrected chi connectivity index (χ1v) is 11.2. The van der Waals surface area contributed by atoms with Gasteiger partial charge in [0.25, 0.3) is 0 Å². The largest absolute Gasteiger partial charge is 0.360 e. The molecule has 29 heavy (non-hydrogen) atoms. The SMILES string of the molecule is Cc1noc(C)c1S(=O)(=O)N[C@@H](C)C(=O)NCc1cccnc1N1CCCCC1. The maximum atomic E-state index is 12.6. The Hall–Kier alpha value is -2.46. The molecule has 2 aromatic heterocycles. The van der Waals surface area contributed by atoms with Crippen LogP contribution in [0.4, 0.5) is 5.82 Å². The number of carbonyl (C=O) groups is 1. The third kappa shape index (κ3) is 4.94. The van der Waals surface area contributed by atoms with Crippen LogP contribution in [-0.2, 0) is 21.4 Å². The highest BCUT2D eigenvalue weighted by molar-refractivity contribution is 7.89. The average Bonchev–Trinajstić information content (AvgIpc) is 3.05. The summed E-state index contributed by atoms with van der Waals surface area (Å²) in [6.07, 6.45) is 5.22. The molecule has 1 amide bonds. The Bertz CT molecular complexity index is 947. The highest BCUT2D eigenvalue weighted by Gasteiger charge is 2.28. The van der Waals surface area contributed by atoms with Crippen molar-refractivity contribution in [2.45, 2.75) is 57.5 Å². The van der Waals surface area contributed by atoms with Crippen molar-refractivity contribution in [1.82, 2.24) is 20.2 Å². The van der Waals surface area contributed by atoms with Gasteiger partial charge in [-0.25, -0.2) is 13.4 Å². The summed E-state index contributed by atoms with van der Waals surface area (Å²) < 4.78 is 32.5. The van der Waals surface area contributed by atoms with Gasteiger partial charge in [0.15, 0.2) is 5.76 Å². The van der Waals surface area contributed by atoms with Crippen molar-refractivity contribution in [3.05, 3.63) is 35.3 Å². The number of anilines is 1. The predicted molar refractivity (Wildman–Crippen MR) is 108 cm³/mol. The number of amides is 1. The minimum atomic E-state index is -3.92. The van der Waals surface area contributed by atoms with Gasteiger partial charge in [-0.3, -0.25) is 4.79 Å². The molecule has 0 aromatic carbocycles. The minimum Gasteiger partial charge on any atom is -0.360 e. The zero-order chi connectivity index (χ0) is 21.0. The van der Waals surface area contributed by atoms with E-state index in [1.165, 1.54) is 20.3 Å². The highest BCUT2D eigenvalue weighted by Crippen LogP contribution is 2.22. The predicted octanol–water partition coefficient (Wildman–Crippen LogP) is 1.66. The molecule has 0 radical (unpaired) electrons. The van der Waals surface area contributed by atoms with Crippen molar-refractivity contribution in [2.75, 3.05) is 18.0 Å². The lowest BCUT2D eigenvalue weighted by atomic mass is 10.1. The summed E-state index contributed by atoms with van der Waals surface area (Å²) in [6, 6.07) is 2.80. The van der Waals surface area contributed by atoms with Gasteiger partial charge in [0.05, 0.1) is 6.04 Å². The van der Waals surface area contributed by atoms with Gasteiger partial charge in [-0.05, 0) is 46.1 Å². The highest BCUT2D eigenvalue weighted by atomic mass is 32.2. The van der Waals surface area contributed by atoms with Crippen LogP contribution in [0.25, 0.3) is 0 Å². The van der Waals surface area contributed by atoms with Gasteiger partial charge in [0.1, 0.15) is 16.4 Å². The van der Waals surface area contributed by atoms with Crippen molar-refractivity contribution in [2.24, 2.45) is 0 Å². The zero-order valence-corrected chi connectivity index (χ0v) is 17.8. The molecule has 1 fully saturated rings. The third-order valence-electron chi connectivity index (χ3n) is 4.94. The van der Waals surface area contributed by atoms with E-state index in [-0.39, 0.29) is 22.9 Å². The Labute approximate surface area is 170 Å². The second-order valence-corrected chi connectivity index (χ2v) is 8.90. The minimum absolute atomic E-state index is 0.0307. The maximum absolute atomic E-state index is 12.6. The van der Waals surface area contributed by atoms with Crippen LogP contribution in [0, 0.1) is 13.8 Å². The van der Waals surface area contributed by atoms with Crippen molar-refractivity contribution >= 4 is 21.7 Å². The molecule has 1 atom stereocenters. The number of carbonyl (C=O) groups excluding carboxylic acids is 1. The molecule has 1 saturated heterocycles. The normalized spacial score (nSPS) is 15.9. The lowest BCUT2D eigenvalue weighted by Crippen LogP contribution is -2.44. The van der Waals surface area contributed by atoms with Gasteiger partial charge in [0.2, 0.25) is 15.9 Å². The number of aryl methyl sites for hydroxylation is 2. The van der Waals surface area contributed by atoms with E-state index >= 15 is 0 Å². The molecule has 2 aromatic rings. The van der Waals surface area contributed by atoms with Gasteiger partial charge in [0, 0.05) is 31.4 Å². The molecule has 1 aliphatic heterocycles. The number of hydrogen-bond acceptors (Lipinski definition) is 7. The van der Waals surface area contributed by atoms with E-state index in [2.05, 4.69) is 25.1 Å². The quantitative estimate of drug-likeness (QED) is 0.698. The third-order valence-corrected chi connectivity index (χ3v) is 6.72. The van der Waals surface area contributed by atoms with Gasteiger partial charge in [-0.15, -0.1) is 0 Å². The first-order valence-electron chi connectivity index (χ1n) is 9.71. The first kappa shape index (κ1) is 21.3. The number of sulfonamides is 1. The lowest BCUT2D eigenvalue weighted by Gasteiger charge is -2.29. The fourth-order valence-electron chi connectivity index (χ4n) is 3.50. The van der Waals surface area contributed by atoms with Crippen LogP contribution in [-0.4, -0.2) is 43.6 Å². The van der Waals surface area contributed by atoms with Crippen molar-refractivity contribution < 1.29 is 17.7 Å². The standard InChI is InChI=1S/C19H27N5O4S/c1-13-17(15(3)28-22-13)29(26,27)23-14(2)19(25)21-12-16-8-7-9-20-18(16)24-10-5-4-6-11-24/h7-9,14,23H,4-6,10-12H2,1-3H3,(H,21,25)/t14-/m0/s1. The van der Waals surface area contributed by atoms with Crippen LogP contribution in [0.1, 0.15) is 43.2 Å². The Morgan fingerprint density at radius 3 is 2.66 bits per heavy atom. The Morgan fingerprint density at radius 2 is 2.00 bits per heavy atom. The molecule has 0 bridgehead atoms. The Kier molecular flexibility index (Phi) is 6.53. The molecule has 3 heterocycles. The second kappa shape index (κ2) is 8.91. The van der Waals surface area contributed by atoms with Crippen molar-refractivity contribution in [1.29, 1.82) is 0 Å². The molecule has 3 rings (SSSR count). The average molecular weight is 422 g/mol. The van der Waals surface area contributed by atoms with E-state index in [9.17, 15) is 13.2 Å². The summed E-state index contributed by atoms with van der Waals surface area (Å²) in [5.74, 6) is 0.634. The van der Waals surface area contributed by atoms with Crippen LogP contribution >= 0.6 is 0 Å². The first-order chi connectivity index (χ1) is 13.8. The maximum Gasteiger partial charge on any atom is 0.246 e. The molecular weight excluding hydrogens is 394 g/mol. The van der Waals surface area contributed by atoms with E-state index in [1.54, 1.807) is 13.1 Å². The van der Waals surface area contributed by atoms with Gasteiger partial charge in [-0.1, -0.05) is 11.2 Å². The molecule has 2 N–H and O–H groups in total. The van der Waals surface area contributed by atoms with E-state index in [0.29, 0.717) is 0 Å². The summed E-state index contributed by atoms with van der Waals surface area (Å²) in [4.78, 5) is 19.2. The molecule has 0 unspecified atom stereocenters. The molecule has 9 nitrogen and oxygen atoms in total. The molecular formula is C19H27N5O4S. The molecule has 158 valence electrons.